The second-order valence-electron chi connectivity index (χ2n) is 9.28. The Morgan fingerprint density at radius 1 is 0.970 bits per heavy atom. The van der Waals surface area contributed by atoms with Crippen LogP contribution in [0.1, 0.15) is 70.8 Å². The summed E-state index contributed by atoms with van der Waals surface area (Å²) in [6, 6.07) is 8.59. The first-order chi connectivity index (χ1) is 15.7. The predicted octanol–water partition coefficient (Wildman–Crippen LogP) is 3.61. The fourth-order valence-corrected chi connectivity index (χ4v) is 6.63. The molecule has 0 N–H and O–H groups in total. The van der Waals surface area contributed by atoms with Gasteiger partial charge in [-0.05, 0) is 51.8 Å². The molecule has 1 saturated heterocycles. The molecule has 2 fully saturated rings. The van der Waals surface area contributed by atoms with Gasteiger partial charge in [0.2, 0.25) is 10.0 Å². The lowest BCUT2D eigenvalue weighted by atomic mass is 10.1. The summed E-state index contributed by atoms with van der Waals surface area (Å²) in [6.45, 7) is 7.58. The Balaban J connectivity index is 1.38. The Kier molecular flexibility index (Phi) is 6.88. The van der Waals surface area contributed by atoms with E-state index in [1.807, 2.05) is 17.9 Å². The molecule has 1 saturated carbocycles. The number of sulfonamides is 1. The average Bonchev–Trinajstić information content (AvgIpc) is 3.41. The smallest absolute Gasteiger partial charge is 0.243 e. The maximum absolute atomic E-state index is 13.1. The van der Waals surface area contributed by atoms with Crippen molar-refractivity contribution in [2.24, 2.45) is 0 Å². The van der Waals surface area contributed by atoms with Gasteiger partial charge in [-0.2, -0.15) is 4.31 Å². The highest BCUT2D eigenvalue weighted by Gasteiger charge is 2.30. The van der Waals surface area contributed by atoms with Crippen molar-refractivity contribution in [3.8, 4) is 0 Å². The van der Waals surface area contributed by atoms with Crippen LogP contribution in [0.2, 0.25) is 0 Å². The molecule has 7 nitrogen and oxygen atoms in total. The van der Waals surface area contributed by atoms with Crippen molar-refractivity contribution >= 4 is 21.6 Å². The molecule has 0 radical (unpaired) electrons. The van der Waals surface area contributed by atoms with Crippen LogP contribution in [0, 0.1) is 13.8 Å². The normalized spacial score (nSPS) is 18.6. The molecule has 2 aromatic rings. The largest absolute Gasteiger partial charge is 0.345 e. The van der Waals surface area contributed by atoms with E-state index in [4.69, 9.17) is 0 Å². The third-order valence-electron chi connectivity index (χ3n) is 7.07. The highest BCUT2D eigenvalue weighted by Crippen LogP contribution is 2.33. The number of ketones is 2. The summed E-state index contributed by atoms with van der Waals surface area (Å²) in [5.41, 5.74) is 3.48. The number of hydrogen-bond acceptors (Lipinski definition) is 5. The molecule has 2 heterocycles. The predicted molar refractivity (Wildman–Crippen MR) is 127 cm³/mol. The molecular formula is C25H33N3O4S. The fraction of sp³-hybridized carbons (Fsp3) is 0.520. The van der Waals surface area contributed by atoms with Crippen molar-refractivity contribution in [1.82, 2.24) is 13.8 Å². The van der Waals surface area contributed by atoms with Gasteiger partial charge in [-0.1, -0.05) is 25.0 Å². The summed E-state index contributed by atoms with van der Waals surface area (Å²) < 4.78 is 29.8. The van der Waals surface area contributed by atoms with Gasteiger partial charge >= 0.3 is 0 Å². The molecule has 2 aliphatic rings. The van der Waals surface area contributed by atoms with E-state index in [2.05, 4.69) is 11.5 Å². The van der Waals surface area contributed by atoms with Gasteiger partial charge in [0.15, 0.2) is 11.6 Å². The Hall–Kier alpha value is -2.29. The van der Waals surface area contributed by atoms with Crippen LogP contribution < -0.4 is 0 Å². The van der Waals surface area contributed by atoms with Crippen LogP contribution in [0.5, 0.6) is 0 Å². The summed E-state index contributed by atoms with van der Waals surface area (Å²) in [4.78, 5) is 26.8. The first-order valence-corrected chi connectivity index (χ1v) is 13.2. The number of aromatic nitrogens is 1. The van der Waals surface area contributed by atoms with E-state index in [-0.39, 0.29) is 16.5 Å². The Morgan fingerprint density at radius 3 is 2.15 bits per heavy atom. The van der Waals surface area contributed by atoms with Crippen molar-refractivity contribution in [1.29, 1.82) is 0 Å². The molecule has 33 heavy (non-hydrogen) atoms. The maximum atomic E-state index is 13.1. The van der Waals surface area contributed by atoms with Crippen LogP contribution >= 0.6 is 0 Å². The van der Waals surface area contributed by atoms with E-state index < -0.39 is 10.0 Å². The topological polar surface area (TPSA) is 79.7 Å². The first-order valence-electron chi connectivity index (χ1n) is 11.7. The molecular weight excluding hydrogens is 438 g/mol. The zero-order valence-electron chi connectivity index (χ0n) is 19.7. The van der Waals surface area contributed by atoms with Crippen molar-refractivity contribution < 1.29 is 18.0 Å². The average molecular weight is 472 g/mol. The number of Topliss-reactive ketones (excluding diaryl/α,β-unsaturated/α-hetero) is 2. The molecule has 0 atom stereocenters. The van der Waals surface area contributed by atoms with Gasteiger partial charge in [-0.15, -0.1) is 0 Å². The van der Waals surface area contributed by atoms with E-state index in [1.54, 1.807) is 12.1 Å². The lowest BCUT2D eigenvalue weighted by Crippen LogP contribution is -2.49. The van der Waals surface area contributed by atoms with E-state index in [0.29, 0.717) is 44.3 Å². The highest BCUT2D eigenvalue weighted by atomic mass is 32.2. The van der Waals surface area contributed by atoms with E-state index in [1.165, 1.54) is 49.0 Å². The van der Waals surface area contributed by atoms with Gasteiger partial charge < -0.3 is 4.57 Å². The molecule has 1 aromatic heterocycles. The van der Waals surface area contributed by atoms with Crippen LogP contribution in [-0.4, -0.2) is 66.5 Å². The minimum atomic E-state index is -3.62. The van der Waals surface area contributed by atoms with Crippen molar-refractivity contribution in [2.75, 3.05) is 32.7 Å². The lowest BCUT2D eigenvalue weighted by Gasteiger charge is -2.33. The molecule has 1 aromatic carbocycles. The summed E-state index contributed by atoms with van der Waals surface area (Å²) in [5.74, 6) is 0.00437. The fourth-order valence-electron chi connectivity index (χ4n) is 5.21. The lowest BCUT2D eigenvalue weighted by molar-refractivity contribution is 0.0900. The molecule has 1 aliphatic carbocycles. The van der Waals surface area contributed by atoms with Gasteiger partial charge in [-0.3, -0.25) is 14.5 Å². The Labute approximate surface area is 196 Å². The zero-order chi connectivity index (χ0) is 23.8. The van der Waals surface area contributed by atoms with Gasteiger partial charge in [0.05, 0.1) is 11.4 Å². The maximum Gasteiger partial charge on any atom is 0.243 e. The number of carbonyl (C=O) groups is 2. The highest BCUT2D eigenvalue weighted by molar-refractivity contribution is 7.89. The van der Waals surface area contributed by atoms with Crippen LogP contribution in [0.15, 0.2) is 35.2 Å². The second kappa shape index (κ2) is 9.52. The number of carbonyl (C=O) groups excluding carboxylic acids is 2. The molecule has 4 rings (SSSR count). The molecule has 0 amide bonds. The zero-order valence-corrected chi connectivity index (χ0v) is 20.5. The van der Waals surface area contributed by atoms with Gasteiger partial charge in [-0.25, -0.2) is 8.42 Å². The standard InChI is InChI=1S/C25H33N3O4S/c1-18-16-24(19(2)28(18)22-6-4-5-7-22)25(30)17-26-12-14-27(15-13-26)33(31,32)23-10-8-21(9-11-23)20(3)29/h8-11,16,22H,4-7,12-15,17H2,1-3H3. The summed E-state index contributed by atoms with van der Waals surface area (Å²) >= 11 is 0. The molecule has 1 aliphatic heterocycles. The minimum absolute atomic E-state index is 0.0961. The number of nitrogens with zero attached hydrogens (tertiary/aromatic N) is 3. The molecule has 0 unspecified atom stereocenters. The number of piperazine rings is 1. The first kappa shape index (κ1) is 23.9. The molecule has 8 heteroatoms. The third kappa shape index (κ3) is 4.83. The van der Waals surface area contributed by atoms with Crippen LogP contribution in [0.3, 0.4) is 0 Å². The van der Waals surface area contributed by atoms with Crippen LogP contribution in [0.4, 0.5) is 0 Å². The quantitative estimate of drug-likeness (QED) is 0.577. The van der Waals surface area contributed by atoms with Crippen molar-refractivity contribution in [3.05, 3.63) is 52.8 Å². The van der Waals surface area contributed by atoms with Crippen LogP contribution in [0.25, 0.3) is 0 Å². The Bertz CT molecular complexity index is 1140. The Morgan fingerprint density at radius 2 is 1.58 bits per heavy atom. The second-order valence-corrected chi connectivity index (χ2v) is 11.2. The molecule has 178 valence electrons. The van der Waals surface area contributed by atoms with Gasteiger partial charge in [0.1, 0.15) is 0 Å². The van der Waals surface area contributed by atoms with Gasteiger partial charge in [0, 0.05) is 54.7 Å². The van der Waals surface area contributed by atoms with Crippen molar-refractivity contribution in [3.63, 3.8) is 0 Å². The van der Waals surface area contributed by atoms with Crippen LogP contribution in [-0.2, 0) is 10.0 Å². The summed E-state index contributed by atoms with van der Waals surface area (Å²) in [7, 11) is -3.62. The van der Waals surface area contributed by atoms with E-state index in [0.717, 1.165) is 17.0 Å². The van der Waals surface area contributed by atoms with E-state index >= 15 is 0 Å². The van der Waals surface area contributed by atoms with Crippen molar-refractivity contribution in [2.45, 2.75) is 57.4 Å². The number of aryl methyl sites for hydroxylation is 1. The van der Waals surface area contributed by atoms with Gasteiger partial charge in [0.25, 0.3) is 0 Å². The summed E-state index contributed by atoms with van der Waals surface area (Å²) in [5, 5.41) is 0. The SMILES string of the molecule is CC(=O)c1ccc(S(=O)(=O)N2CCN(CC(=O)c3cc(C)n(C4CCCC4)c3C)CC2)cc1. The number of benzene rings is 1. The monoisotopic (exact) mass is 471 g/mol. The molecule has 0 bridgehead atoms. The third-order valence-corrected chi connectivity index (χ3v) is 8.98. The van der Waals surface area contributed by atoms with E-state index in [9.17, 15) is 18.0 Å². The molecule has 0 spiro atoms. The summed E-state index contributed by atoms with van der Waals surface area (Å²) in [6.07, 6.45) is 4.86. The minimum Gasteiger partial charge on any atom is -0.345 e. The number of rotatable bonds is 7. The number of hydrogen-bond donors (Lipinski definition) is 0.